The number of rotatable bonds is 6. The summed E-state index contributed by atoms with van der Waals surface area (Å²) in [4.78, 5) is 18.7. The first kappa shape index (κ1) is 29.2. The van der Waals surface area contributed by atoms with E-state index in [1.807, 2.05) is 0 Å². The summed E-state index contributed by atoms with van der Waals surface area (Å²) in [5, 5.41) is 11.6. The fourth-order valence-electron chi connectivity index (χ4n) is 8.50. The van der Waals surface area contributed by atoms with E-state index in [-0.39, 0.29) is 62.9 Å². The number of anilines is 1. The maximum absolute atomic E-state index is 17.0. The van der Waals surface area contributed by atoms with Gasteiger partial charge in [-0.05, 0) is 69.3 Å². The van der Waals surface area contributed by atoms with Crippen LogP contribution in [0.2, 0.25) is 0 Å². The van der Waals surface area contributed by atoms with Crippen LogP contribution in [0.15, 0.2) is 24.3 Å². The van der Waals surface area contributed by atoms with Gasteiger partial charge in [-0.2, -0.15) is 9.97 Å². The van der Waals surface area contributed by atoms with E-state index in [1.54, 1.807) is 0 Å². The number of likely N-dealkylation sites (tertiary alicyclic amines) is 1. The standard InChI is InChI=1S/C35H35F2N5O4/c1-4-23-25(36)9-8-19-13-21(43)15-24(27(19)23)30-29(37)31-28(33(38-30)44-3)32(42-16-22-14-20(42)17-45-22)40-34(39-31)46-18-35-10-5-7-26(35)41(2)12-6-11-35/h1,8-9,13,15,20,22,26,43H,5-7,10-12,14,16-18H2,2-3H3. The highest BCUT2D eigenvalue weighted by atomic mass is 19.1. The molecule has 4 aromatic rings. The van der Waals surface area contributed by atoms with Crippen LogP contribution in [0.1, 0.15) is 44.1 Å². The fraction of sp³-hybridized carbons (Fsp3) is 0.457. The molecule has 2 aromatic heterocycles. The SMILES string of the molecule is C#Cc1c(F)ccc2cc(O)cc(-c3nc(OC)c4c(N5CC6CC5CO6)nc(OCC56CCCC5N(C)CCC6)nc4c3F)c12. The van der Waals surface area contributed by atoms with Crippen molar-refractivity contribution in [1.29, 1.82) is 0 Å². The van der Waals surface area contributed by atoms with Crippen LogP contribution in [0.5, 0.6) is 17.6 Å². The lowest BCUT2D eigenvalue weighted by molar-refractivity contribution is 0.0133. The number of halogens is 2. The van der Waals surface area contributed by atoms with E-state index in [0.29, 0.717) is 42.4 Å². The first-order chi connectivity index (χ1) is 22.3. The molecule has 1 saturated carbocycles. The number of aromatic nitrogens is 3. The Balaban J connectivity index is 1.32. The molecule has 4 fully saturated rings. The Bertz CT molecular complexity index is 1930. The molecule has 9 nitrogen and oxygen atoms in total. The summed E-state index contributed by atoms with van der Waals surface area (Å²) in [6, 6.07) is 6.04. The van der Waals surface area contributed by atoms with Gasteiger partial charge in [-0.15, -0.1) is 6.42 Å². The molecule has 0 spiro atoms. The molecule has 2 bridgehead atoms. The Morgan fingerprint density at radius 1 is 1.15 bits per heavy atom. The number of fused-ring (bicyclic) bond motifs is 5. The Hall–Kier alpha value is -4.27. The molecule has 238 valence electrons. The van der Waals surface area contributed by atoms with Crippen molar-refractivity contribution in [3.8, 4) is 41.2 Å². The Morgan fingerprint density at radius 3 is 2.76 bits per heavy atom. The molecule has 4 aliphatic rings. The molecule has 4 unspecified atom stereocenters. The van der Waals surface area contributed by atoms with Crippen molar-refractivity contribution in [2.45, 2.75) is 56.7 Å². The number of pyridine rings is 1. The van der Waals surface area contributed by atoms with Crippen molar-refractivity contribution in [3.63, 3.8) is 0 Å². The number of ether oxygens (including phenoxy) is 3. The molecular weight excluding hydrogens is 592 g/mol. The summed E-state index contributed by atoms with van der Waals surface area (Å²) in [6.07, 6.45) is 12.1. The van der Waals surface area contributed by atoms with E-state index < -0.39 is 11.6 Å². The number of phenolic OH excluding ortho intramolecular Hbond substituents is 1. The van der Waals surface area contributed by atoms with Gasteiger partial charge in [0.1, 0.15) is 34.0 Å². The van der Waals surface area contributed by atoms with Gasteiger partial charge in [0.2, 0.25) is 5.88 Å². The number of piperidine rings is 1. The monoisotopic (exact) mass is 627 g/mol. The zero-order valence-corrected chi connectivity index (χ0v) is 25.9. The number of benzene rings is 2. The lowest BCUT2D eigenvalue weighted by Gasteiger charge is -2.44. The number of nitrogens with zero attached hydrogens (tertiary/aromatic N) is 5. The Kier molecular flexibility index (Phi) is 6.92. The van der Waals surface area contributed by atoms with Crippen LogP contribution in [0.25, 0.3) is 32.9 Å². The zero-order chi connectivity index (χ0) is 31.7. The lowest BCUT2D eigenvalue weighted by atomic mass is 9.76. The van der Waals surface area contributed by atoms with Crippen LogP contribution in [0.4, 0.5) is 14.6 Å². The highest BCUT2D eigenvalue weighted by molar-refractivity contribution is 6.04. The van der Waals surface area contributed by atoms with Crippen LogP contribution in [0.3, 0.4) is 0 Å². The van der Waals surface area contributed by atoms with E-state index in [0.717, 1.165) is 45.1 Å². The van der Waals surface area contributed by atoms with Crippen molar-refractivity contribution in [2.75, 3.05) is 45.4 Å². The van der Waals surface area contributed by atoms with Gasteiger partial charge in [-0.25, -0.2) is 13.8 Å². The number of phenols is 1. The summed E-state index contributed by atoms with van der Waals surface area (Å²) in [5.41, 5.74) is -0.174. The number of methoxy groups -OCH3 is 1. The minimum Gasteiger partial charge on any atom is -0.508 e. The second kappa shape index (κ2) is 10.9. The molecule has 11 heteroatoms. The molecule has 0 amide bonds. The van der Waals surface area contributed by atoms with E-state index in [9.17, 15) is 9.50 Å². The second-order valence-electron chi connectivity index (χ2n) is 13.1. The molecule has 3 saturated heterocycles. The number of hydrogen-bond acceptors (Lipinski definition) is 9. The highest BCUT2D eigenvalue weighted by Crippen LogP contribution is 2.48. The summed E-state index contributed by atoms with van der Waals surface area (Å²) < 4.78 is 50.0. The van der Waals surface area contributed by atoms with Crippen LogP contribution < -0.4 is 14.4 Å². The third-order valence-corrected chi connectivity index (χ3v) is 10.6. The summed E-state index contributed by atoms with van der Waals surface area (Å²) in [7, 11) is 3.63. The van der Waals surface area contributed by atoms with Crippen LogP contribution in [-0.4, -0.2) is 83.6 Å². The van der Waals surface area contributed by atoms with Crippen LogP contribution in [0, 0.1) is 29.4 Å². The largest absolute Gasteiger partial charge is 0.508 e. The predicted octanol–water partition coefficient (Wildman–Crippen LogP) is 5.44. The van der Waals surface area contributed by atoms with Gasteiger partial charge in [0.05, 0.1) is 38.0 Å². The van der Waals surface area contributed by atoms with E-state index in [1.165, 1.54) is 31.4 Å². The first-order valence-electron chi connectivity index (χ1n) is 15.9. The minimum atomic E-state index is -0.779. The average molecular weight is 628 g/mol. The minimum absolute atomic E-state index is 0.0121. The number of hydrogen-bond donors (Lipinski definition) is 1. The Labute approximate surface area is 265 Å². The van der Waals surface area contributed by atoms with Crippen molar-refractivity contribution in [1.82, 2.24) is 19.9 Å². The molecule has 5 heterocycles. The predicted molar refractivity (Wildman–Crippen MR) is 169 cm³/mol. The molecule has 1 N–H and O–H groups in total. The molecular formula is C35H35F2N5O4. The molecule has 8 rings (SSSR count). The number of terminal acetylenes is 1. The zero-order valence-electron chi connectivity index (χ0n) is 25.9. The number of morpholine rings is 1. The molecule has 2 aromatic carbocycles. The highest BCUT2D eigenvalue weighted by Gasteiger charge is 2.48. The first-order valence-corrected chi connectivity index (χ1v) is 15.9. The lowest BCUT2D eigenvalue weighted by Crippen LogP contribution is -2.50. The topological polar surface area (TPSA) is 93.1 Å². The van der Waals surface area contributed by atoms with Gasteiger partial charge in [-0.1, -0.05) is 18.4 Å². The smallest absolute Gasteiger partial charge is 0.319 e. The van der Waals surface area contributed by atoms with Gasteiger partial charge >= 0.3 is 6.01 Å². The third kappa shape index (κ3) is 4.45. The van der Waals surface area contributed by atoms with Crippen LogP contribution in [-0.2, 0) is 4.74 Å². The molecule has 0 radical (unpaired) electrons. The molecule has 1 aliphatic carbocycles. The maximum Gasteiger partial charge on any atom is 0.319 e. The van der Waals surface area contributed by atoms with E-state index in [4.69, 9.17) is 25.6 Å². The summed E-state index contributed by atoms with van der Waals surface area (Å²) >= 11 is 0. The molecule has 3 aliphatic heterocycles. The summed E-state index contributed by atoms with van der Waals surface area (Å²) in [5.74, 6) is 1.38. The van der Waals surface area contributed by atoms with Gasteiger partial charge in [0.25, 0.3) is 0 Å². The fourth-order valence-corrected chi connectivity index (χ4v) is 8.50. The normalized spacial score (nSPS) is 25.7. The number of aromatic hydroxyl groups is 1. The Morgan fingerprint density at radius 2 is 2.00 bits per heavy atom. The van der Waals surface area contributed by atoms with E-state index in [2.05, 4.69) is 32.7 Å². The summed E-state index contributed by atoms with van der Waals surface area (Å²) in [6.45, 7) is 2.62. The maximum atomic E-state index is 17.0. The van der Waals surface area contributed by atoms with Gasteiger partial charge < -0.3 is 29.1 Å². The third-order valence-electron chi connectivity index (χ3n) is 10.6. The van der Waals surface area contributed by atoms with E-state index >= 15 is 4.39 Å². The second-order valence-corrected chi connectivity index (χ2v) is 13.1. The van der Waals surface area contributed by atoms with Crippen LogP contribution >= 0.6 is 0 Å². The average Bonchev–Trinajstić information content (AvgIpc) is 3.81. The van der Waals surface area contributed by atoms with Crippen molar-refractivity contribution < 1.29 is 28.1 Å². The molecule has 4 atom stereocenters. The van der Waals surface area contributed by atoms with Gasteiger partial charge in [0.15, 0.2) is 5.82 Å². The quantitative estimate of drug-likeness (QED) is 0.281. The van der Waals surface area contributed by atoms with Gasteiger partial charge in [-0.3, -0.25) is 0 Å². The van der Waals surface area contributed by atoms with Crippen molar-refractivity contribution in [3.05, 3.63) is 41.5 Å². The van der Waals surface area contributed by atoms with Crippen molar-refractivity contribution >= 4 is 27.5 Å². The molecule has 46 heavy (non-hydrogen) atoms. The van der Waals surface area contributed by atoms with Crippen molar-refractivity contribution in [2.24, 2.45) is 5.41 Å². The van der Waals surface area contributed by atoms with Gasteiger partial charge in [0, 0.05) is 29.0 Å².